The van der Waals surface area contributed by atoms with Gasteiger partial charge < -0.3 is 14.8 Å². The van der Waals surface area contributed by atoms with Crippen molar-refractivity contribution in [1.29, 1.82) is 0 Å². The Morgan fingerprint density at radius 2 is 2.17 bits per heavy atom. The molecule has 1 aliphatic rings. The molecule has 0 radical (unpaired) electrons. The highest BCUT2D eigenvalue weighted by atomic mass is 35.5. The largest absolute Gasteiger partial charge is 0.492 e. The number of halogens is 1. The zero-order valence-corrected chi connectivity index (χ0v) is 10.9. The Morgan fingerprint density at radius 3 is 2.72 bits per heavy atom. The van der Waals surface area contributed by atoms with Crippen molar-refractivity contribution in [3.05, 3.63) is 29.8 Å². The number of methoxy groups -OCH3 is 1. The van der Waals surface area contributed by atoms with Crippen LogP contribution in [0.4, 0.5) is 0 Å². The summed E-state index contributed by atoms with van der Waals surface area (Å²) in [6.45, 7) is 1.47. The van der Waals surface area contributed by atoms with Crippen LogP contribution in [0.1, 0.15) is 16.8 Å². The van der Waals surface area contributed by atoms with Crippen molar-refractivity contribution in [2.24, 2.45) is 0 Å². The van der Waals surface area contributed by atoms with Crippen LogP contribution in [0.15, 0.2) is 24.3 Å². The maximum atomic E-state index is 11.2. The number of carbonyl (C=O) groups is 1. The average molecular weight is 270 g/mol. The number of ether oxygens (including phenoxy) is 2. The zero-order valence-electron chi connectivity index (χ0n) is 10.2. The molecule has 1 heterocycles. The Bertz CT molecular complexity index is 407. The van der Waals surface area contributed by atoms with Gasteiger partial charge in [0.25, 0.3) is 0 Å². The number of alkyl halides is 1. The number of benzene rings is 1. The average Bonchev–Trinajstić information content (AvgIpc) is 2.81. The van der Waals surface area contributed by atoms with E-state index in [1.165, 1.54) is 7.11 Å². The van der Waals surface area contributed by atoms with Crippen LogP contribution in [-0.2, 0) is 4.74 Å². The van der Waals surface area contributed by atoms with Crippen molar-refractivity contribution >= 4 is 17.6 Å². The van der Waals surface area contributed by atoms with Crippen molar-refractivity contribution in [3.8, 4) is 5.75 Å². The lowest BCUT2D eigenvalue weighted by atomic mass is 10.2. The minimum absolute atomic E-state index is 0.124. The monoisotopic (exact) mass is 269 g/mol. The summed E-state index contributed by atoms with van der Waals surface area (Å²) in [5.41, 5.74) is 0.513. The molecule has 2 atom stereocenters. The molecule has 0 saturated carbocycles. The van der Waals surface area contributed by atoms with Gasteiger partial charge in [-0.25, -0.2) is 4.79 Å². The summed E-state index contributed by atoms with van der Waals surface area (Å²) in [4.78, 5) is 11.2. The third-order valence-electron chi connectivity index (χ3n) is 2.97. The third-order valence-corrected chi connectivity index (χ3v) is 3.49. The highest BCUT2D eigenvalue weighted by Gasteiger charge is 2.25. The summed E-state index contributed by atoms with van der Waals surface area (Å²) in [6, 6.07) is 7.06. The molecule has 5 heteroatoms. The fourth-order valence-electron chi connectivity index (χ4n) is 1.89. The van der Waals surface area contributed by atoms with Crippen LogP contribution in [-0.4, -0.2) is 37.6 Å². The molecule has 0 aliphatic carbocycles. The Morgan fingerprint density at radius 1 is 1.44 bits per heavy atom. The van der Waals surface area contributed by atoms with Crippen molar-refractivity contribution < 1.29 is 14.3 Å². The molecule has 0 aromatic heterocycles. The quantitative estimate of drug-likeness (QED) is 0.669. The highest BCUT2D eigenvalue weighted by Crippen LogP contribution is 2.17. The van der Waals surface area contributed by atoms with Gasteiger partial charge >= 0.3 is 5.97 Å². The van der Waals surface area contributed by atoms with Crippen LogP contribution < -0.4 is 10.1 Å². The topological polar surface area (TPSA) is 47.6 Å². The first-order valence-corrected chi connectivity index (χ1v) is 6.33. The Balaban J connectivity index is 1.88. The van der Waals surface area contributed by atoms with Gasteiger partial charge in [0.05, 0.1) is 24.1 Å². The predicted octanol–water partition coefficient (Wildman–Crippen LogP) is 1.82. The molecule has 1 fully saturated rings. The van der Waals surface area contributed by atoms with Crippen LogP contribution in [0.3, 0.4) is 0 Å². The maximum Gasteiger partial charge on any atom is 0.337 e. The molecule has 1 aromatic carbocycles. The van der Waals surface area contributed by atoms with Gasteiger partial charge in [0.1, 0.15) is 12.4 Å². The van der Waals surface area contributed by atoms with E-state index in [1.807, 2.05) is 0 Å². The third kappa shape index (κ3) is 3.15. The lowest BCUT2D eigenvalue weighted by molar-refractivity contribution is 0.0600. The molecule has 1 aromatic rings. The first kappa shape index (κ1) is 13.2. The molecule has 2 rings (SSSR count). The van der Waals surface area contributed by atoms with Gasteiger partial charge in [-0.05, 0) is 37.2 Å². The van der Waals surface area contributed by atoms with Gasteiger partial charge in [-0.15, -0.1) is 11.6 Å². The number of hydrogen-bond acceptors (Lipinski definition) is 4. The normalized spacial score (nSPS) is 22.8. The van der Waals surface area contributed by atoms with E-state index in [2.05, 4.69) is 10.1 Å². The van der Waals surface area contributed by atoms with Gasteiger partial charge in [-0.1, -0.05) is 0 Å². The second kappa shape index (κ2) is 6.07. The van der Waals surface area contributed by atoms with E-state index in [9.17, 15) is 4.79 Å². The molecule has 98 valence electrons. The van der Waals surface area contributed by atoms with Crippen molar-refractivity contribution in [3.63, 3.8) is 0 Å². The van der Waals surface area contributed by atoms with Crippen LogP contribution in [0.2, 0.25) is 0 Å². The molecule has 0 spiro atoms. The van der Waals surface area contributed by atoms with E-state index in [0.717, 1.165) is 18.7 Å². The molecule has 2 unspecified atom stereocenters. The smallest absolute Gasteiger partial charge is 0.337 e. The summed E-state index contributed by atoms with van der Waals surface area (Å²) in [7, 11) is 1.36. The predicted molar refractivity (Wildman–Crippen MR) is 69.3 cm³/mol. The van der Waals surface area contributed by atoms with E-state index in [-0.39, 0.29) is 17.4 Å². The summed E-state index contributed by atoms with van der Waals surface area (Å²) < 4.78 is 10.3. The zero-order chi connectivity index (χ0) is 13.0. The molecule has 1 saturated heterocycles. The minimum atomic E-state index is -0.347. The molecule has 18 heavy (non-hydrogen) atoms. The number of hydrogen-bond donors (Lipinski definition) is 1. The fourth-order valence-corrected chi connectivity index (χ4v) is 2.16. The highest BCUT2D eigenvalue weighted by molar-refractivity contribution is 6.21. The summed E-state index contributed by atoms with van der Waals surface area (Å²) in [6.07, 6.45) is 0.969. The minimum Gasteiger partial charge on any atom is -0.492 e. The van der Waals surface area contributed by atoms with Gasteiger partial charge in [0.2, 0.25) is 0 Å². The van der Waals surface area contributed by atoms with Gasteiger partial charge in [-0.2, -0.15) is 0 Å². The molecule has 4 nitrogen and oxygen atoms in total. The van der Waals surface area contributed by atoms with E-state index >= 15 is 0 Å². The van der Waals surface area contributed by atoms with E-state index < -0.39 is 0 Å². The van der Waals surface area contributed by atoms with Gasteiger partial charge in [0.15, 0.2) is 0 Å². The van der Waals surface area contributed by atoms with Crippen molar-refractivity contribution in [2.75, 3.05) is 20.3 Å². The first-order chi connectivity index (χ1) is 8.70. The van der Waals surface area contributed by atoms with E-state index in [4.69, 9.17) is 16.3 Å². The SMILES string of the molecule is COC(=O)c1ccc(OCC2NCCC2Cl)cc1. The fraction of sp³-hybridized carbons (Fsp3) is 0.462. The molecule has 1 N–H and O–H groups in total. The maximum absolute atomic E-state index is 11.2. The van der Waals surface area contributed by atoms with Crippen LogP contribution in [0, 0.1) is 0 Å². The molecular formula is C13H16ClNO3. The summed E-state index contributed by atoms with van der Waals surface area (Å²) in [5, 5.41) is 3.41. The lowest BCUT2D eigenvalue weighted by Crippen LogP contribution is -2.33. The standard InChI is InChI=1S/C13H16ClNO3/c1-17-13(16)9-2-4-10(5-3-9)18-8-12-11(14)6-7-15-12/h2-5,11-12,15H,6-8H2,1H3. The number of carbonyl (C=O) groups excluding carboxylic acids is 1. The first-order valence-electron chi connectivity index (χ1n) is 5.89. The van der Waals surface area contributed by atoms with Crippen LogP contribution in [0.25, 0.3) is 0 Å². The Hall–Kier alpha value is -1.26. The van der Waals surface area contributed by atoms with Crippen LogP contribution >= 0.6 is 11.6 Å². The number of rotatable bonds is 4. The Kier molecular flexibility index (Phi) is 4.44. The van der Waals surface area contributed by atoms with Crippen molar-refractivity contribution in [2.45, 2.75) is 17.8 Å². The number of esters is 1. The lowest BCUT2D eigenvalue weighted by Gasteiger charge is -2.15. The Labute approximate surface area is 111 Å². The molecule has 0 bridgehead atoms. The van der Waals surface area contributed by atoms with E-state index in [0.29, 0.717) is 12.2 Å². The van der Waals surface area contributed by atoms with Crippen LogP contribution in [0.5, 0.6) is 5.75 Å². The second-order valence-electron chi connectivity index (χ2n) is 4.19. The van der Waals surface area contributed by atoms with Crippen molar-refractivity contribution in [1.82, 2.24) is 5.32 Å². The van der Waals surface area contributed by atoms with Gasteiger partial charge in [-0.3, -0.25) is 0 Å². The van der Waals surface area contributed by atoms with E-state index in [1.54, 1.807) is 24.3 Å². The molecule has 1 aliphatic heterocycles. The molecular weight excluding hydrogens is 254 g/mol. The second-order valence-corrected chi connectivity index (χ2v) is 4.75. The molecule has 0 amide bonds. The summed E-state index contributed by atoms with van der Waals surface area (Å²) >= 11 is 6.13. The van der Waals surface area contributed by atoms with Gasteiger partial charge in [0, 0.05) is 0 Å². The number of nitrogens with one attached hydrogen (secondary N) is 1. The summed E-state index contributed by atoms with van der Waals surface area (Å²) in [5.74, 6) is 0.375.